The molecule has 1 N–H and O–H groups in total. The Morgan fingerprint density at radius 2 is 1.71 bits per heavy atom. The van der Waals surface area contributed by atoms with Crippen molar-refractivity contribution in [3.63, 3.8) is 0 Å². The SMILES string of the molecule is COC(=O)CCn1c(C)cc(C(=O)C[NH+]2CCN(c3ccc(C(C)=O)cc3)CC2)c1C. The minimum atomic E-state index is -0.251. The van der Waals surface area contributed by atoms with Gasteiger partial charge in [0.05, 0.1) is 39.7 Å². The van der Waals surface area contributed by atoms with Crippen molar-refractivity contribution in [2.24, 2.45) is 0 Å². The number of hydrogen-bond acceptors (Lipinski definition) is 5. The lowest BCUT2D eigenvalue weighted by atomic mass is 10.1. The highest BCUT2D eigenvalue weighted by Gasteiger charge is 2.25. The summed E-state index contributed by atoms with van der Waals surface area (Å²) in [7, 11) is 1.39. The summed E-state index contributed by atoms with van der Waals surface area (Å²) >= 11 is 0. The lowest BCUT2D eigenvalue weighted by Crippen LogP contribution is -3.15. The summed E-state index contributed by atoms with van der Waals surface area (Å²) in [6, 6.07) is 9.67. The van der Waals surface area contributed by atoms with Crippen molar-refractivity contribution in [2.75, 3.05) is 44.7 Å². The van der Waals surface area contributed by atoms with E-state index in [4.69, 9.17) is 4.74 Å². The molecule has 3 rings (SSSR count). The standard InChI is InChI=1S/C24H31N3O4/c1-17-15-22(18(2)27(17)10-9-24(30)31-4)23(29)16-25-11-13-26(14-12-25)21-7-5-20(6-8-21)19(3)28/h5-8,15H,9-14,16H2,1-4H3/p+1. The number of piperazine rings is 1. The molecule has 1 fully saturated rings. The average molecular weight is 427 g/mol. The number of carbonyl (C=O) groups is 3. The van der Waals surface area contributed by atoms with Gasteiger partial charge >= 0.3 is 5.97 Å². The van der Waals surface area contributed by atoms with Gasteiger partial charge in [-0.25, -0.2) is 0 Å². The Labute approximate surface area is 183 Å². The molecule has 2 heterocycles. The quantitative estimate of drug-likeness (QED) is 0.511. The van der Waals surface area contributed by atoms with Gasteiger partial charge in [-0.05, 0) is 51.1 Å². The monoisotopic (exact) mass is 426 g/mol. The third kappa shape index (κ3) is 5.41. The molecular formula is C24H32N3O4+. The average Bonchev–Trinajstić information content (AvgIpc) is 3.06. The number of aryl methyl sites for hydroxylation is 1. The summed E-state index contributed by atoms with van der Waals surface area (Å²) in [4.78, 5) is 39.5. The smallest absolute Gasteiger partial charge is 0.307 e. The number of esters is 1. The predicted octanol–water partition coefficient (Wildman–Crippen LogP) is 1.46. The van der Waals surface area contributed by atoms with E-state index in [2.05, 4.69) is 4.90 Å². The number of carbonyl (C=O) groups excluding carboxylic acids is 3. The Morgan fingerprint density at radius 1 is 1.06 bits per heavy atom. The number of nitrogens with one attached hydrogen (secondary N) is 1. The van der Waals surface area contributed by atoms with Gasteiger partial charge < -0.3 is 19.1 Å². The Bertz CT molecular complexity index is 954. The van der Waals surface area contributed by atoms with E-state index in [1.165, 1.54) is 12.0 Å². The fraction of sp³-hybridized carbons (Fsp3) is 0.458. The van der Waals surface area contributed by atoms with Gasteiger partial charge in [-0.1, -0.05) is 0 Å². The number of nitrogens with zero attached hydrogens (tertiary/aromatic N) is 2. The van der Waals surface area contributed by atoms with Crippen LogP contribution in [0.15, 0.2) is 30.3 Å². The maximum Gasteiger partial charge on any atom is 0.307 e. The van der Waals surface area contributed by atoms with Crippen LogP contribution in [0.25, 0.3) is 0 Å². The molecule has 0 radical (unpaired) electrons. The first-order valence-electron chi connectivity index (χ1n) is 10.8. The van der Waals surface area contributed by atoms with Crippen molar-refractivity contribution in [2.45, 2.75) is 33.7 Å². The second kappa shape index (κ2) is 9.92. The van der Waals surface area contributed by atoms with Crippen LogP contribution in [-0.2, 0) is 16.1 Å². The molecule has 2 aromatic rings. The van der Waals surface area contributed by atoms with Gasteiger partial charge in [-0.15, -0.1) is 0 Å². The predicted molar refractivity (Wildman–Crippen MR) is 119 cm³/mol. The number of Topliss-reactive ketones (excluding diaryl/α,β-unsaturated/α-hetero) is 2. The Hall–Kier alpha value is -2.93. The molecule has 7 heteroatoms. The van der Waals surface area contributed by atoms with Crippen LogP contribution >= 0.6 is 0 Å². The fourth-order valence-corrected chi connectivity index (χ4v) is 4.22. The number of anilines is 1. The molecule has 7 nitrogen and oxygen atoms in total. The van der Waals surface area contributed by atoms with Gasteiger partial charge in [0.15, 0.2) is 5.78 Å². The zero-order valence-corrected chi connectivity index (χ0v) is 18.9. The maximum absolute atomic E-state index is 13.0. The largest absolute Gasteiger partial charge is 0.469 e. The van der Waals surface area contributed by atoms with E-state index in [-0.39, 0.29) is 17.5 Å². The van der Waals surface area contributed by atoms with Crippen molar-refractivity contribution in [3.8, 4) is 0 Å². The van der Waals surface area contributed by atoms with Crippen LogP contribution in [0.1, 0.15) is 45.4 Å². The highest BCUT2D eigenvalue weighted by Crippen LogP contribution is 2.17. The maximum atomic E-state index is 13.0. The molecule has 166 valence electrons. The lowest BCUT2D eigenvalue weighted by Gasteiger charge is -2.33. The van der Waals surface area contributed by atoms with Crippen LogP contribution in [0.2, 0.25) is 0 Å². The number of rotatable bonds is 8. The van der Waals surface area contributed by atoms with Gasteiger partial charge in [0.25, 0.3) is 0 Å². The number of methoxy groups -OCH3 is 1. The molecule has 0 saturated carbocycles. The van der Waals surface area contributed by atoms with Gasteiger partial charge in [0.2, 0.25) is 5.78 Å². The van der Waals surface area contributed by atoms with Crippen LogP contribution in [0, 0.1) is 13.8 Å². The van der Waals surface area contributed by atoms with E-state index in [9.17, 15) is 14.4 Å². The molecule has 31 heavy (non-hydrogen) atoms. The highest BCUT2D eigenvalue weighted by molar-refractivity contribution is 5.98. The van der Waals surface area contributed by atoms with Gasteiger partial charge in [0.1, 0.15) is 6.54 Å². The van der Waals surface area contributed by atoms with Gasteiger partial charge in [-0.2, -0.15) is 0 Å². The van der Waals surface area contributed by atoms with Crippen molar-refractivity contribution in [1.29, 1.82) is 0 Å². The van der Waals surface area contributed by atoms with Crippen molar-refractivity contribution in [1.82, 2.24) is 4.57 Å². The summed E-state index contributed by atoms with van der Waals surface area (Å²) in [6.45, 7) is 10.00. The van der Waals surface area contributed by atoms with Crippen LogP contribution < -0.4 is 9.80 Å². The minimum absolute atomic E-state index is 0.0731. The zero-order chi connectivity index (χ0) is 22.5. The molecule has 0 spiro atoms. The Balaban J connectivity index is 1.56. The third-order valence-electron chi connectivity index (χ3n) is 6.16. The molecular weight excluding hydrogens is 394 g/mol. The Kier molecular flexibility index (Phi) is 7.28. The summed E-state index contributed by atoms with van der Waals surface area (Å²) in [6.07, 6.45) is 0.293. The summed E-state index contributed by atoms with van der Waals surface area (Å²) in [5.41, 5.74) is 4.48. The molecule has 0 atom stereocenters. The van der Waals surface area contributed by atoms with E-state index in [1.54, 1.807) is 6.92 Å². The van der Waals surface area contributed by atoms with Crippen LogP contribution in [0.5, 0.6) is 0 Å². The number of aromatic nitrogens is 1. The molecule has 0 unspecified atom stereocenters. The second-order valence-corrected chi connectivity index (χ2v) is 8.20. The van der Waals surface area contributed by atoms with Gasteiger partial charge in [-0.3, -0.25) is 14.4 Å². The van der Waals surface area contributed by atoms with Crippen molar-refractivity contribution >= 4 is 23.2 Å². The van der Waals surface area contributed by atoms with Crippen LogP contribution in [-0.4, -0.2) is 61.9 Å². The van der Waals surface area contributed by atoms with E-state index in [1.807, 2.05) is 48.7 Å². The Morgan fingerprint density at radius 3 is 2.29 bits per heavy atom. The molecule has 1 aromatic heterocycles. The lowest BCUT2D eigenvalue weighted by molar-refractivity contribution is -0.892. The molecule has 1 aromatic carbocycles. The summed E-state index contributed by atoms with van der Waals surface area (Å²) in [5, 5.41) is 0. The molecule has 1 aliphatic heterocycles. The molecule has 0 bridgehead atoms. The molecule has 0 aliphatic carbocycles. The van der Waals surface area contributed by atoms with Gasteiger partial charge in [0, 0.05) is 34.7 Å². The van der Waals surface area contributed by atoms with Crippen molar-refractivity contribution < 1.29 is 24.0 Å². The summed E-state index contributed by atoms with van der Waals surface area (Å²) in [5.74, 6) is -0.0331. The van der Waals surface area contributed by atoms with Crippen molar-refractivity contribution in [3.05, 3.63) is 52.8 Å². The number of benzene rings is 1. The molecule has 1 saturated heterocycles. The second-order valence-electron chi connectivity index (χ2n) is 8.20. The first kappa shape index (κ1) is 22.7. The van der Waals surface area contributed by atoms with Crippen LogP contribution in [0.3, 0.4) is 0 Å². The van der Waals surface area contributed by atoms with E-state index in [0.717, 1.165) is 54.4 Å². The number of hydrogen-bond donors (Lipinski definition) is 1. The van der Waals surface area contributed by atoms with E-state index < -0.39 is 0 Å². The number of quaternary nitrogens is 1. The first-order valence-corrected chi connectivity index (χ1v) is 10.8. The normalized spacial score (nSPS) is 14.5. The molecule has 1 aliphatic rings. The molecule has 0 amide bonds. The fourth-order valence-electron chi connectivity index (χ4n) is 4.22. The first-order chi connectivity index (χ1) is 14.8. The third-order valence-corrected chi connectivity index (χ3v) is 6.16. The topological polar surface area (TPSA) is 73.0 Å². The van der Waals surface area contributed by atoms with Crippen LogP contribution in [0.4, 0.5) is 5.69 Å². The van der Waals surface area contributed by atoms with E-state index >= 15 is 0 Å². The summed E-state index contributed by atoms with van der Waals surface area (Å²) < 4.78 is 6.74. The zero-order valence-electron chi connectivity index (χ0n) is 18.9. The minimum Gasteiger partial charge on any atom is -0.469 e. The highest BCUT2D eigenvalue weighted by atomic mass is 16.5. The number of ketones is 2. The number of ether oxygens (including phenoxy) is 1. The van der Waals surface area contributed by atoms with E-state index in [0.29, 0.717) is 19.5 Å².